The maximum atomic E-state index is 12.3. The van der Waals surface area contributed by atoms with E-state index < -0.39 is 10.8 Å². The molecule has 0 bridgehead atoms. The van der Waals surface area contributed by atoms with Gasteiger partial charge in [0.1, 0.15) is 19.0 Å². The van der Waals surface area contributed by atoms with Crippen LogP contribution >= 0.6 is 0 Å². The lowest BCUT2D eigenvalue weighted by molar-refractivity contribution is -0.384. The fourth-order valence-corrected chi connectivity index (χ4v) is 3.52. The van der Waals surface area contributed by atoms with Gasteiger partial charge in [-0.2, -0.15) is 5.10 Å². The normalized spacial score (nSPS) is 10.7. The van der Waals surface area contributed by atoms with Crippen LogP contribution in [0.3, 0.4) is 0 Å². The monoisotopic (exact) mass is 511 g/mol. The number of hydrogen-bond donors (Lipinski definition) is 1. The van der Waals surface area contributed by atoms with E-state index in [0.29, 0.717) is 29.4 Å². The highest BCUT2D eigenvalue weighted by molar-refractivity contribution is 5.95. The quantitative estimate of drug-likeness (QED) is 0.161. The third-order valence-corrected chi connectivity index (χ3v) is 5.47. The van der Waals surface area contributed by atoms with Gasteiger partial charge >= 0.3 is 0 Å². The van der Waals surface area contributed by atoms with Gasteiger partial charge < -0.3 is 14.2 Å². The summed E-state index contributed by atoms with van der Waals surface area (Å²) in [6.45, 7) is 0.692. The van der Waals surface area contributed by atoms with Gasteiger partial charge in [-0.1, -0.05) is 54.6 Å². The first-order valence-corrected chi connectivity index (χ1v) is 11.7. The van der Waals surface area contributed by atoms with Crippen molar-refractivity contribution in [1.82, 2.24) is 5.43 Å². The van der Waals surface area contributed by atoms with Gasteiger partial charge in [0.25, 0.3) is 11.6 Å². The summed E-state index contributed by atoms with van der Waals surface area (Å²) in [5, 5.41) is 14.9. The summed E-state index contributed by atoms with van der Waals surface area (Å²) in [5.41, 5.74) is 4.91. The first kappa shape index (κ1) is 25.9. The van der Waals surface area contributed by atoms with Gasteiger partial charge in [-0.25, -0.2) is 5.43 Å². The van der Waals surface area contributed by atoms with E-state index in [1.165, 1.54) is 30.5 Å². The average molecular weight is 512 g/mol. The van der Waals surface area contributed by atoms with E-state index in [9.17, 15) is 14.9 Å². The molecule has 0 aromatic heterocycles. The number of nitrogens with one attached hydrogen (secondary N) is 1. The number of amides is 1. The molecule has 9 heteroatoms. The zero-order chi connectivity index (χ0) is 26.7. The maximum Gasteiger partial charge on any atom is 0.271 e. The molecule has 9 nitrogen and oxygen atoms in total. The van der Waals surface area contributed by atoms with Crippen molar-refractivity contribution in [1.29, 1.82) is 0 Å². The second-order valence-corrected chi connectivity index (χ2v) is 8.09. The zero-order valence-corrected chi connectivity index (χ0v) is 20.6. The second-order valence-electron chi connectivity index (χ2n) is 8.09. The lowest BCUT2D eigenvalue weighted by Crippen LogP contribution is -2.17. The molecule has 1 N–H and O–H groups in total. The summed E-state index contributed by atoms with van der Waals surface area (Å²) >= 11 is 0. The third-order valence-electron chi connectivity index (χ3n) is 5.47. The van der Waals surface area contributed by atoms with Crippen LogP contribution in [0.25, 0.3) is 0 Å². The van der Waals surface area contributed by atoms with Gasteiger partial charge in [0.05, 0.1) is 18.2 Å². The molecule has 0 unspecified atom stereocenters. The third kappa shape index (κ3) is 6.94. The SMILES string of the molecule is COc1cc(COc2ccccc2/C=N/NC(=O)c2cccc([N+](=O)[O-])c2)ccc1OCc1ccccc1. The predicted molar refractivity (Wildman–Crippen MR) is 143 cm³/mol. The molecule has 0 aliphatic heterocycles. The van der Waals surface area contributed by atoms with Crippen molar-refractivity contribution in [2.45, 2.75) is 13.2 Å². The van der Waals surface area contributed by atoms with Crippen LogP contribution in [0.1, 0.15) is 27.0 Å². The lowest BCUT2D eigenvalue weighted by atomic mass is 10.2. The summed E-state index contributed by atoms with van der Waals surface area (Å²) in [6.07, 6.45) is 1.45. The molecular weight excluding hydrogens is 486 g/mol. The second kappa shape index (κ2) is 12.7. The Morgan fingerprint density at radius 3 is 2.37 bits per heavy atom. The number of hydrazone groups is 1. The Bertz CT molecular complexity index is 1440. The number of nitrogens with zero attached hydrogens (tertiary/aromatic N) is 2. The summed E-state index contributed by atoms with van der Waals surface area (Å²) in [5.74, 6) is 1.22. The van der Waals surface area contributed by atoms with Crippen molar-refractivity contribution in [3.05, 3.63) is 129 Å². The summed E-state index contributed by atoms with van der Waals surface area (Å²) < 4.78 is 17.4. The van der Waals surface area contributed by atoms with Crippen LogP contribution in [0.2, 0.25) is 0 Å². The molecule has 0 aliphatic carbocycles. The smallest absolute Gasteiger partial charge is 0.271 e. The number of methoxy groups -OCH3 is 1. The molecule has 0 saturated carbocycles. The van der Waals surface area contributed by atoms with E-state index >= 15 is 0 Å². The predicted octanol–water partition coefficient (Wildman–Crippen LogP) is 5.53. The molecular formula is C29H25N3O6. The molecule has 4 rings (SSSR count). The number of nitro benzene ring substituents is 1. The number of carbonyl (C=O) groups excluding carboxylic acids is 1. The molecule has 0 aliphatic rings. The van der Waals surface area contributed by atoms with Crippen molar-refractivity contribution in [3.63, 3.8) is 0 Å². The molecule has 0 fully saturated rings. The molecule has 1 amide bonds. The number of para-hydroxylation sites is 1. The van der Waals surface area contributed by atoms with Crippen LogP contribution in [0, 0.1) is 10.1 Å². The van der Waals surface area contributed by atoms with Crippen LogP contribution in [0.15, 0.2) is 102 Å². The minimum Gasteiger partial charge on any atom is -0.493 e. The largest absolute Gasteiger partial charge is 0.493 e. The molecule has 0 heterocycles. The number of nitro groups is 1. The Kier molecular flexibility index (Phi) is 8.64. The highest BCUT2D eigenvalue weighted by Gasteiger charge is 2.11. The van der Waals surface area contributed by atoms with E-state index in [-0.39, 0.29) is 17.9 Å². The van der Waals surface area contributed by atoms with Crippen LogP contribution in [-0.2, 0) is 13.2 Å². The van der Waals surface area contributed by atoms with Gasteiger partial charge in [-0.05, 0) is 41.5 Å². The van der Waals surface area contributed by atoms with E-state index in [1.54, 1.807) is 19.2 Å². The molecule has 38 heavy (non-hydrogen) atoms. The minimum atomic E-state index is -0.565. The Balaban J connectivity index is 1.37. The highest BCUT2D eigenvalue weighted by atomic mass is 16.6. The summed E-state index contributed by atoms with van der Waals surface area (Å²) in [7, 11) is 1.59. The van der Waals surface area contributed by atoms with E-state index in [2.05, 4.69) is 10.5 Å². The summed E-state index contributed by atoms with van der Waals surface area (Å²) in [4.78, 5) is 22.7. The molecule has 0 radical (unpaired) electrons. The number of non-ortho nitro benzene ring substituents is 1. The summed E-state index contributed by atoms with van der Waals surface area (Å²) in [6, 6.07) is 28.1. The molecule has 4 aromatic rings. The molecule has 192 valence electrons. The maximum absolute atomic E-state index is 12.3. The first-order valence-electron chi connectivity index (χ1n) is 11.7. The average Bonchev–Trinajstić information content (AvgIpc) is 2.96. The molecule has 0 atom stereocenters. The van der Waals surface area contributed by atoms with Crippen LogP contribution in [-0.4, -0.2) is 24.2 Å². The van der Waals surface area contributed by atoms with E-state index in [4.69, 9.17) is 14.2 Å². The molecule has 0 saturated heterocycles. The number of carbonyl (C=O) groups is 1. The molecule has 4 aromatic carbocycles. The fourth-order valence-electron chi connectivity index (χ4n) is 3.52. The number of hydrogen-bond acceptors (Lipinski definition) is 7. The minimum absolute atomic E-state index is 0.131. The highest BCUT2D eigenvalue weighted by Crippen LogP contribution is 2.29. The van der Waals surface area contributed by atoms with Gasteiger partial charge in [0.2, 0.25) is 0 Å². The van der Waals surface area contributed by atoms with Crippen molar-refractivity contribution in [2.24, 2.45) is 5.10 Å². The number of rotatable bonds is 11. The van der Waals surface area contributed by atoms with Gasteiger partial charge in [0, 0.05) is 23.3 Å². The van der Waals surface area contributed by atoms with Crippen LogP contribution in [0.4, 0.5) is 5.69 Å². The number of ether oxygens (including phenoxy) is 3. The zero-order valence-electron chi connectivity index (χ0n) is 20.6. The Labute approximate surface area is 219 Å². The van der Waals surface area contributed by atoms with Crippen molar-refractivity contribution >= 4 is 17.8 Å². The van der Waals surface area contributed by atoms with Crippen LogP contribution < -0.4 is 19.6 Å². The first-order chi connectivity index (χ1) is 18.5. The Morgan fingerprint density at radius 2 is 1.58 bits per heavy atom. The van der Waals surface area contributed by atoms with Gasteiger partial charge in [0.15, 0.2) is 11.5 Å². The van der Waals surface area contributed by atoms with E-state index in [1.807, 2.05) is 60.7 Å². The van der Waals surface area contributed by atoms with E-state index in [0.717, 1.165) is 11.1 Å². The molecule has 0 spiro atoms. The topological polar surface area (TPSA) is 112 Å². The lowest BCUT2D eigenvalue weighted by Gasteiger charge is -2.13. The van der Waals surface area contributed by atoms with Crippen molar-refractivity contribution in [2.75, 3.05) is 7.11 Å². The fraction of sp³-hybridized carbons (Fsp3) is 0.103. The number of benzene rings is 4. The standard InChI is InChI=1S/C29H25N3O6/c1-36-28-16-22(14-15-27(28)38-19-21-8-3-2-4-9-21)20-37-26-13-6-5-10-24(26)18-30-31-29(33)23-11-7-12-25(17-23)32(34)35/h2-18H,19-20H2,1H3,(H,31,33)/b30-18+. The van der Waals surface area contributed by atoms with Crippen molar-refractivity contribution in [3.8, 4) is 17.2 Å². The van der Waals surface area contributed by atoms with Crippen molar-refractivity contribution < 1.29 is 23.9 Å². The Morgan fingerprint density at radius 1 is 0.842 bits per heavy atom. The van der Waals surface area contributed by atoms with Crippen LogP contribution in [0.5, 0.6) is 17.2 Å². The Hall–Kier alpha value is -5.18. The van der Waals surface area contributed by atoms with Gasteiger partial charge in [-0.15, -0.1) is 0 Å². The van der Waals surface area contributed by atoms with Gasteiger partial charge in [-0.3, -0.25) is 14.9 Å².